The molecular formula is C19H20N2O5S. The third-order valence-corrected chi connectivity index (χ3v) is 5.72. The number of carboxylic acids is 1. The van der Waals surface area contributed by atoms with E-state index in [0.29, 0.717) is 13.0 Å². The molecule has 27 heavy (non-hydrogen) atoms. The van der Waals surface area contributed by atoms with Crippen LogP contribution >= 0.6 is 0 Å². The fourth-order valence-corrected chi connectivity index (χ4v) is 3.88. The number of aromatic carboxylic acids is 1. The van der Waals surface area contributed by atoms with Crippen LogP contribution in [0.15, 0.2) is 53.4 Å². The monoisotopic (exact) mass is 388 g/mol. The van der Waals surface area contributed by atoms with Crippen molar-refractivity contribution in [3.05, 3.63) is 65.2 Å². The molecule has 2 aromatic rings. The Balaban J connectivity index is 1.57. The maximum absolute atomic E-state index is 12.3. The molecule has 3 rings (SSSR count). The zero-order valence-corrected chi connectivity index (χ0v) is 15.3. The molecule has 0 aromatic heterocycles. The summed E-state index contributed by atoms with van der Waals surface area (Å²) in [6.07, 6.45) is 2.21. The van der Waals surface area contributed by atoms with Crippen LogP contribution < -0.4 is 10.0 Å². The number of rotatable bonds is 8. The summed E-state index contributed by atoms with van der Waals surface area (Å²) in [5.41, 5.74) is 1.38. The lowest BCUT2D eigenvalue weighted by molar-refractivity contribution is 0.0696. The highest BCUT2D eigenvalue weighted by Gasteiger charge is 2.28. The van der Waals surface area contributed by atoms with E-state index in [0.717, 1.165) is 18.4 Å². The van der Waals surface area contributed by atoms with Crippen LogP contribution in [0.3, 0.4) is 0 Å². The van der Waals surface area contributed by atoms with Crippen molar-refractivity contribution < 1.29 is 23.1 Å². The first-order valence-electron chi connectivity index (χ1n) is 8.58. The van der Waals surface area contributed by atoms with Crippen LogP contribution in [0.25, 0.3) is 0 Å². The second-order valence-corrected chi connectivity index (χ2v) is 8.15. The zero-order chi connectivity index (χ0) is 19.4. The Morgan fingerprint density at radius 3 is 2.37 bits per heavy atom. The molecule has 142 valence electrons. The predicted molar refractivity (Wildman–Crippen MR) is 99.2 cm³/mol. The molecule has 0 atom stereocenters. The Hall–Kier alpha value is -2.71. The number of hydrogen-bond donors (Lipinski definition) is 3. The van der Waals surface area contributed by atoms with Crippen molar-refractivity contribution in [2.24, 2.45) is 0 Å². The standard InChI is InChI=1S/C19H20N2O5S/c22-18(20-11-10-13-4-6-14(7-5-13)19(23)24)15-2-1-3-17(12-15)27(25,26)21-16-8-9-16/h1-7,12,16,21H,8-11H2,(H,20,22)(H,23,24). The Morgan fingerprint density at radius 2 is 1.74 bits per heavy atom. The van der Waals surface area contributed by atoms with Gasteiger partial charge in [-0.2, -0.15) is 0 Å². The molecule has 3 N–H and O–H groups in total. The molecule has 1 saturated carbocycles. The molecule has 0 radical (unpaired) electrons. The fraction of sp³-hybridized carbons (Fsp3) is 0.263. The molecule has 0 saturated heterocycles. The fourth-order valence-electron chi connectivity index (χ4n) is 2.53. The normalized spacial score (nSPS) is 13.9. The Bertz CT molecular complexity index is 950. The first-order chi connectivity index (χ1) is 12.8. The minimum absolute atomic E-state index is 0.00000180. The van der Waals surface area contributed by atoms with Gasteiger partial charge in [-0.25, -0.2) is 17.9 Å². The summed E-state index contributed by atoms with van der Waals surface area (Å²) >= 11 is 0. The van der Waals surface area contributed by atoms with Gasteiger partial charge in [-0.3, -0.25) is 4.79 Å². The summed E-state index contributed by atoms with van der Waals surface area (Å²) in [6.45, 7) is 0.350. The van der Waals surface area contributed by atoms with Crippen LogP contribution in [0.5, 0.6) is 0 Å². The molecule has 0 bridgehead atoms. The van der Waals surface area contributed by atoms with E-state index in [-0.39, 0.29) is 28.0 Å². The predicted octanol–water partition coefficient (Wildman–Crippen LogP) is 1.80. The average molecular weight is 388 g/mol. The van der Waals surface area contributed by atoms with Crippen molar-refractivity contribution in [1.29, 1.82) is 0 Å². The van der Waals surface area contributed by atoms with Crippen molar-refractivity contribution in [1.82, 2.24) is 10.0 Å². The Morgan fingerprint density at radius 1 is 1.04 bits per heavy atom. The lowest BCUT2D eigenvalue weighted by atomic mass is 10.1. The van der Waals surface area contributed by atoms with Crippen LogP contribution in [0, 0.1) is 0 Å². The van der Waals surface area contributed by atoms with Crippen molar-refractivity contribution in [3.8, 4) is 0 Å². The van der Waals surface area contributed by atoms with Crippen LogP contribution in [0.4, 0.5) is 0 Å². The maximum Gasteiger partial charge on any atom is 0.335 e. The van der Waals surface area contributed by atoms with E-state index in [2.05, 4.69) is 10.0 Å². The topological polar surface area (TPSA) is 113 Å². The molecule has 0 heterocycles. The number of sulfonamides is 1. The van der Waals surface area contributed by atoms with Crippen molar-refractivity contribution in [2.75, 3.05) is 6.54 Å². The van der Waals surface area contributed by atoms with E-state index in [4.69, 9.17) is 5.11 Å². The Labute approximate surface area is 157 Å². The summed E-state index contributed by atoms with van der Waals surface area (Å²) in [7, 11) is -3.61. The first-order valence-corrected chi connectivity index (χ1v) is 10.1. The molecule has 1 fully saturated rings. The highest BCUT2D eigenvalue weighted by molar-refractivity contribution is 7.89. The van der Waals surface area contributed by atoms with Crippen molar-refractivity contribution >= 4 is 21.9 Å². The van der Waals surface area contributed by atoms with Crippen LogP contribution in [0.1, 0.15) is 39.1 Å². The highest BCUT2D eigenvalue weighted by atomic mass is 32.2. The molecule has 1 aliphatic rings. The van der Waals surface area contributed by atoms with Gasteiger partial charge in [-0.15, -0.1) is 0 Å². The SMILES string of the molecule is O=C(O)c1ccc(CCNC(=O)c2cccc(S(=O)(=O)NC3CC3)c2)cc1. The van der Waals surface area contributed by atoms with Crippen LogP contribution in [-0.2, 0) is 16.4 Å². The summed E-state index contributed by atoms with van der Waals surface area (Å²) in [5.74, 6) is -1.35. The van der Waals surface area contributed by atoms with Gasteiger partial charge in [0.05, 0.1) is 10.5 Å². The second-order valence-electron chi connectivity index (χ2n) is 6.43. The summed E-state index contributed by atoms with van der Waals surface area (Å²) in [6, 6.07) is 12.4. The van der Waals surface area contributed by atoms with Crippen LogP contribution in [0.2, 0.25) is 0 Å². The average Bonchev–Trinajstić information content (AvgIpc) is 3.45. The molecule has 8 heteroatoms. The number of carbonyl (C=O) groups is 2. The van der Waals surface area contributed by atoms with Gasteiger partial charge in [0, 0.05) is 18.2 Å². The van der Waals surface area contributed by atoms with Crippen LogP contribution in [-0.4, -0.2) is 38.0 Å². The quantitative estimate of drug-likeness (QED) is 0.638. The number of nitrogens with one attached hydrogen (secondary N) is 2. The lowest BCUT2D eigenvalue weighted by Gasteiger charge is -2.09. The number of carbonyl (C=O) groups excluding carboxylic acids is 1. The molecule has 2 aromatic carbocycles. The lowest BCUT2D eigenvalue weighted by Crippen LogP contribution is -2.28. The molecule has 1 amide bonds. The van der Waals surface area contributed by atoms with Gasteiger partial charge in [-0.05, 0) is 55.2 Å². The second kappa shape index (κ2) is 7.89. The van der Waals surface area contributed by atoms with Crippen molar-refractivity contribution in [2.45, 2.75) is 30.2 Å². The van der Waals surface area contributed by atoms with Gasteiger partial charge in [0.2, 0.25) is 10.0 Å². The van der Waals surface area contributed by atoms with Gasteiger partial charge >= 0.3 is 5.97 Å². The highest BCUT2D eigenvalue weighted by Crippen LogP contribution is 2.22. The van der Waals surface area contributed by atoms with E-state index >= 15 is 0 Å². The number of amides is 1. The molecule has 0 unspecified atom stereocenters. The van der Waals surface area contributed by atoms with Gasteiger partial charge in [-0.1, -0.05) is 18.2 Å². The minimum Gasteiger partial charge on any atom is -0.478 e. The Kier molecular flexibility index (Phi) is 5.57. The number of carboxylic acid groups (broad SMARTS) is 1. The van der Waals surface area contributed by atoms with Gasteiger partial charge in [0.15, 0.2) is 0 Å². The summed E-state index contributed by atoms with van der Waals surface area (Å²) in [4.78, 5) is 23.2. The maximum atomic E-state index is 12.3. The minimum atomic E-state index is -3.61. The van der Waals surface area contributed by atoms with Gasteiger partial charge in [0.25, 0.3) is 5.91 Å². The largest absolute Gasteiger partial charge is 0.478 e. The third-order valence-electron chi connectivity index (χ3n) is 4.21. The molecular weight excluding hydrogens is 368 g/mol. The summed E-state index contributed by atoms with van der Waals surface area (Å²) < 4.78 is 27.1. The first kappa shape index (κ1) is 19.1. The molecule has 1 aliphatic carbocycles. The smallest absolute Gasteiger partial charge is 0.335 e. The van der Waals surface area contributed by atoms with Gasteiger partial charge in [0.1, 0.15) is 0 Å². The van der Waals surface area contributed by atoms with E-state index in [1.807, 2.05) is 0 Å². The van der Waals surface area contributed by atoms with E-state index in [1.165, 1.54) is 24.3 Å². The zero-order valence-electron chi connectivity index (χ0n) is 14.5. The summed E-state index contributed by atoms with van der Waals surface area (Å²) in [5, 5.41) is 11.6. The van der Waals surface area contributed by atoms with E-state index in [9.17, 15) is 18.0 Å². The van der Waals surface area contributed by atoms with E-state index in [1.54, 1.807) is 24.3 Å². The molecule has 0 aliphatic heterocycles. The van der Waals surface area contributed by atoms with Crippen molar-refractivity contribution in [3.63, 3.8) is 0 Å². The number of hydrogen-bond acceptors (Lipinski definition) is 4. The van der Waals surface area contributed by atoms with E-state index < -0.39 is 16.0 Å². The molecule has 7 nitrogen and oxygen atoms in total. The third kappa shape index (κ3) is 5.15. The van der Waals surface area contributed by atoms with Gasteiger partial charge < -0.3 is 10.4 Å². The number of benzene rings is 2. The molecule has 0 spiro atoms.